The predicted octanol–water partition coefficient (Wildman–Crippen LogP) is 1.78. The first-order valence-electron chi connectivity index (χ1n) is 3.34. The molecule has 0 aliphatic rings. The number of aliphatic hydroxyl groups is 1. The first kappa shape index (κ1) is 9.00. The zero-order valence-corrected chi connectivity index (χ0v) is 7.53. The van der Waals surface area contributed by atoms with E-state index in [1.165, 1.54) is 11.3 Å². The lowest BCUT2D eigenvalue weighted by Gasteiger charge is -2.05. The Morgan fingerprint density at radius 2 is 2.45 bits per heavy atom. The standard InChI is InChI=1S/C7H10ClNOS/c8-5-3-7(11-4-5)6(9)1-2-10/h3-4,6,10H,1-2,9H2/t6-/m1/s1. The topological polar surface area (TPSA) is 46.2 Å². The van der Waals surface area contributed by atoms with Gasteiger partial charge in [-0.05, 0) is 12.5 Å². The van der Waals surface area contributed by atoms with E-state index in [1.807, 2.05) is 11.4 Å². The fourth-order valence-electron chi connectivity index (χ4n) is 0.804. The van der Waals surface area contributed by atoms with Gasteiger partial charge in [0.05, 0.1) is 5.02 Å². The molecule has 0 radical (unpaired) electrons. The van der Waals surface area contributed by atoms with E-state index in [1.54, 1.807) is 0 Å². The monoisotopic (exact) mass is 191 g/mol. The van der Waals surface area contributed by atoms with Crippen molar-refractivity contribution in [2.24, 2.45) is 5.73 Å². The third-order valence-corrected chi connectivity index (χ3v) is 2.81. The van der Waals surface area contributed by atoms with Crippen LogP contribution in [0.3, 0.4) is 0 Å². The summed E-state index contributed by atoms with van der Waals surface area (Å²) in [5.74, 6) is 0. The molecule has 0 unspecified atom stereocenters. The minimum Gasteiger partial charge on any atom is -0.396 e. The van der Waals surface area contributed by atoms with Crippen LogP contribution in [0.15, 0.2) is 11.4 Å². The van der Waals surface area contributed by atoms with E-state index < -0.39 is 0 Å². The molecule has 0 amide bonds. The van der Waals surface area contributed by atoms with Gasteiger partial charge < -0.3 is 10.8 Å². The minimum atomic E-state index is -0.0718. The zero-order chi connectivity index (χ0) is 8.27. The number of nitrogens with two attached hydrogens (primary N) is 1. The van der Waals surface area contributed by atoms with Crippen LogP contribution in [0.1, 0.15) is 17.3 Å². The molecule has 3 N–H and O–H groups in total. The second-order valence-corrected chi connectivity index (χ2v) is 3.67. The molecule has 1 aromatic heterocycles. The summed E-state index contributed by atoms with van der Waals surface area (Å²) in [4.78, 5) is 1.03. The van der Waals surface area contributed by atoms with Crippen molar-refractivity contribution in [3.05, 3.63) is 21.3 Å². The molecule has 1 heterocycles. The van der Waals surface area contributed by atoms with Crippen LogP contribution in [-0.4, -0.2) is 11.7 Å². The molecule has 0 saturated carbocycles. The van der Waals surface area contributed by atoms with Gasteiger partial charge in [0, 0.05) is 22.9 Å². The van der Waals surface area contributed by atoms with Crippen molar-refractivity contribution in [1.29, 1.82) is 0 Å². The van der Waals surface area contributed by atoms with Crippen LogP contribution in [0.5, 0.6) is 0 Å². The summed E-state index contributed by atoms with van der Waals surface area (Å²) in [6.07, 6.45) is 0.594. The molecule has 4 heteroatoms. The smallest absolute Gasteiger partial charge is 0.0516 e. The summed E-state index contributed by atoms with van der Waals surface area (Å²) in [7, 11) is 0. The second kappa shape index (κ2) is 4.07. The van der Waals surface area contributed by atoms with Gasteiger partial charge >= 0.3 is 0 Å². The lowest BCUT2D eigenvalue weighted by atomic mass is 10.2. The van der Waals surface area contributed by atoms with Crippen molar-refractivity contribution < 1.29 is 5.11 Å². The summed E-state index contributed by atoms with van der Waals surface area (Å²) in [6.45, 7) is 0.122. The minimum absolute atomic E-state index is 0.0718. The number of aliphatic hydroxyl groups excluding tert-OH is 1. The lowest BCUT2D eigenvalue weighted by Crippen LogP contribution is -2.09. The van der Waals surface area contributed by atoms with Gasteiger partial charge in [-0.25, -0.2) is 0 Å². The van der Waals surface area contributed by atoms with Crippen LogP contribution in [0.4, 0.5) is 0 Å². The van der Waals surface area contributed by atoms with E-state index in [9.17, 15) is 0 Å². The first-order valence-corrected chi connectivity index (χ1v) is 4.60. The number of hydrogen-bond acceptors (Lipinski definition) is 3. The van der Waals surface area contributed by atoms with Crippen LogP contribution in [0.2, 0.25) is 5.02 Å². The molecule has 0 aromatic carbocycles. The first-order chi connectivity index (χ1) is 5.24. The third kappa shape index (κ3) is 2.45. The van der Waals surface area contributed by atoms with E-state index in [-0.39, 0.29) is 12.6 Å². The molecule has 1 rings (SSSR count). The highest BCUT2D eigenvalue weighted by Crippen LogP contribution is 2.25. The van der Waals surface area contributed by atoms with Gasteiger partial charge in [0.15, 0.2) is 0 Å². The Morgan fingerprint density at radius 1 is 1.73 bits per heavy atom. The maximum absolute atomic E-state index is 8.60. The van der Waals surface area contributed by atoms with E-state index in [4.69, 9.17) is 22.4 Å². The average molecular weight is 192 g/mol. The van der Waals surface area contributed by atoms with Gasteiger partial charge in [-0.1, -0.05) is 11.6 Å². The number of thiophene rings is 1. The van der Waals surface area contributed by atoms with Gasteiger partial charge in [-0.2, -0.15) is 0 Å². The molecule has 0 spiro atoms. The molecule has 1 aromatic rings. The fourth-order valence-corrected chi connectivity index (χ4v) is 1.92. The Bertz CT molecular complexity index is 226. The van der Waals surface area contributed by atoms with Crippen LogP contribution < -0.4 is 5.73 Å². The van der Waals surface area contributed by atoms with E-state index in [0.717, 1.165) is 9.90 Å². The van der Waals surface area contributed by atoms with Crippen LogP contribution >= 0.6 is 22.9 Å². The number of rotatable bonds is 3. The molecule has 0 saturated heterocycles. The van der Waals surface area contributed by atoms with Crippen molar-refractivity contribution in [3.8, 4) is 0 Å². The molecular weight excluding hydrogens is 182 g/mol. The van der Waals surface area contributed by atoms with Gasteiger partial charge in [-0.3, -0.25) is 0 Å². The molecular formula is C7H10ClNOS. The third-order valence-electron chi connectivity index (χ3n) is 1.39. The highest BCUT2D eigenvalue weighted by molar-refractivity contribution is 7.10. The van der Waals surface area contributed by atoms with Gasteiger partial charge in [0.1, 0.15) is 0 Å². The lowest BCUT2D eigenvalue weighted by molar-refractivity contribution is 0.277. The van der Waals surface area contributed by atoms with Gasteiger partial charge in [0.25, 0.3) is 0 Å². The Kier molecular flexibility index (Phi) is 3.33. The highest BCUT2D eigenvalue weighted by Gasteiger charge is 2.06. The highest BCUT2D eigenvalue weighted by atomic mass is 35.5. The SMILES string of the molecule is N[C@H](CCO)c1cc(Cl)cs1. The van der Waals surface area contributed by atoms with Gasteiger partial charge in [-0.15, -0.1) is 11.3 Å². The summed E-state index contributed by atoms with van der Waals surface area (Å²) in [6, 6.07) is 1.77. The number of hydrogen-bond donors (Lipinski definition) is 2. The average Bonchev–Trinajstić information content (AvgIpc) is 2.36. The van der Waals surface area contributed by atoms with E-state index in [0.29, 0.717) is 6.42 Å². The van der Waals surface area contributed by atoms with Crippen LogP contribution in [-0.2, 0) is 0 Å². The Balaban J connectivity index is 2.60. The quantitative estimate of drug-likeness (QED) is 0.765. The molecule has 1 atom stereocenters. The van der Waals surface area contributed by atoms with Crippen molar-refractivity contribution in [1.82, 2.24) is 0 Å². The molecule has 0 bridgehead atoms. The summed E-state index contributed by atoms with van der Waals surface area (Å²) < 4.78 is 0. The van der Waals surface area contributed by atoms with Crippen LogP contribution in [0.25, 0.3) is 0 Å². The maximum Gasteiger partial charge on any atom is 0.0516 e. The Morgan fingerprint density at radius 3 is 2.91 bits per heavy atom. The zero-order valence-electron chi connectivity index (χ0n) is 5.96. The molecule has 11 heavy (non-hydrogen) atoms. The molecule has 0 aliphatic carbocycles. The Hall–Kier alpha value is -0.0900. The molecule has 0 fully saturated rings. The van der Waals surface area contributed by atoms with Gasteiger partial charge in [0.2, 0.25) is 0 Å². The van der Waals surface area contributed by atoms with Crippen molar-refractivity contribution in [3.63, 3.8) is 0 Å². The Labute approximate surface area is 74.6 Å². The molecule has 62 valence electrons. The molecule has 0 aliphatic heterocycles. The normalized spacial score (nSPS) is 13.4. The van der Waals surface area contributed by atoms with Crippen molar-refractivity contribution in [2.75, 3.05) is 6.61 Å². The summed E-state index contributed by atoms with van der Waals surface area (Å²) >= 11 is 7.23. The number of halogens is 1. The second-order valence-electron chi connectivity index (χ2n) is 2.29. The largest absolute Gasteiger partial charge is 0.396 e. The van der Waals surface area contributed by atoms with E-state index in [2.05, 4.69) is 0 Å². The summed E-state index contributed by atoms with van der Waals surface area (Å²) in [5.41, 5.74) is 5.71. The fraction of sp³-hybridized carbons (Fsp3) is 0.429. The molecule has 2 nitrogen and oxygen atoms in total. The van der Waals surface area contributed by atoms with E-state index >= 15 is 0 Å². The van der Waals surface area contributed by atoms with Crippen molar-refractivity contribution in [2.45, 2.75) is 12.5 Å². The maximum atomic E-state index is 8.60. The predicted molar refractivity (Wildman–Crippen MR) is 48.0 cm³/mol. The van der Waals surface area contributed by atoms with Crippen molar-refractivity contribution >= 4 is 22.9 Å². The summed E-state index contributed by atoms with van der Waals surface area (Å²) in [5, 5.41) is 11.2. The van der Waals surface area contributed by atoms with Crippen LogP contribution in [0, 0.1) is 0 Å².